The zero-order valence-electron chi connectivity index (χ0n) is 15.8. The predicted molar refractivity (Wildman–Crippen MR) is 107 cm³/mol. The van der Waals surface area contributed by atoms with E-state index in [4.69, 9.17) is 11.6 Å². The zero-order valence-corrected chi connectivity index (χ0v) is 16.6. The number of carbonyl (C=O) groups is 2. The summed E-state index contributed by atoms with van der Waals surface area (Å²) in [5.41, 5.74) is 1.27. The molecular formula is C20H24ClN3O3. The van der Waals surface area contributed by atoms with Gasteiger partial charge < -0.3 is 5.32 Å². The Hall–Kier alpha value is -2.47. The van der Waals surface area contributed by atoms with Gasteiger partial charge in [0.2, 0.25) is 5.91 Å². The average molecular weight is 390 g/mol. The van der Waals surface area contributed by atoms with E-state index in [9.17, 15) is 14.4 Å². The van der Waals surface area contributed by atoms with Gasteiger partial charge in [0.15, 0.2) is 0 Å². The fourth-order valence-electron chi connectivity index (χ4n) is 2.84. The second-order valence-corrected chi connectivity index (χ2v) is 6.95. The number of aromatic nitrogens is 2. The number of anilines is 1. The first-order valence-corrected chi connectivity index (χ1v) is 9.37. The summed E-state index contributed by atoms with van der Waals surface area (Å²) in [6, 6.07) is 6.42. The molecule has 0 aliphatic rings. The van der Waals surface area contributed by atoms with Crippen molar-refractivity contribution in [1.29, 1.82) is 0 Å². The third-order valence-corrected chi connectivity index (χ3v) is 4.28. The number of ketones is 1. The molecule has 0 saturated heterocycles. The molecule has 0 atom stereocenters. The number of carbonyl (C=O) groups excluding carboxylic acids is 2. The molecular weight excluding hydrogens is 366 g/mol. The SMILES string of the molecule is CCCCCc1nc(-c2ccc(Cl)cc2NC(C)=O)cc(=O)n1CC(C)=O. The second kappa shape index (κ2) is 9.46. The molecule has 1 aromatic carbocycles. The van der Waals surface area contributed by atoms with E-state index in [0.29, 0.717) is 34.2 Å². The minimum Gasteiger partial charge on any atom is -0.326 e. The molecule has 7 heteroatoms. The molecule has 0 fully saturated rings. The number of unbranched alkanes of at least 4 members (excludes halogenated alkanes) is 2. The fraction of sp³-hybridized carbons (Fsp3) is 0.400. The predicted octanol–water partition coefficient (Wildman–Crippen LogP) is 3.84. The summed E-state index contributed by atoms with van der Waals surface area (Å²) < 4.78 is 1.43. The van der Waals surface area contributed by atoms with Gasteiger partial charge in [0, 0.05) is 30.0 Å². The molecule has 0 unspecified atom stereocenters. The number of nitrogens with one attached hydrogen (secondary N) is 1. The first kappa shape index (κ1) is 20.8. The Balaban J connectivity index is 2.56. The van der Waals surface area contributed by atoms with Gasteiger partial charge in [-0.2, -0.15) is 0 Å². The lowest BCUT2D eigenvalue weighted by molar-refractivity contribution is -0.117. The monoisotopic (exact) mass is 389 g/mol. The van der Waals surface area contributed by atoms with Crippen LogP contribution in [0.25, 0.3) is 11.3 Å². The molecule has 1 N–H and O–H groups in total. The van der Waals surface area contributed by atoms with Crippen molar-refractivity contribution in [1.82, 2.24) is 9.55 Å². The largest absolute Gasteiger partial charge is 0.326 e. The quantitative estimate of drug-likeness (QED) is 0.695. The molecule has 1 amide bonds. The molecule has 0 aliphatic heterocycles. The molecule has 1 heterocycles. The van der Waals surface area contributed by atoms with E-state index in [1.807, 2.05) is 0 Å². The summed E-state index contributed by atoms with van der Waals surface area (Å²) >= 11 is 6.04. The molecule has 0 saturated carbocycles. The lowest BCUT2D eigenvalue weighted by Crippen LogP contribution is -2.27. The van der Waals surface area contributed by atoms with E-state index in [1.165, 1.54) is 24.5 Å². The molecule has 6 nitrogen and oxygen atoms in total. The number of Topliss-reactive ketones (excluding diaryl/α,β-unsaturated/α-hetero) is 1. The molecule has 0 bridgehead atoms. The lowest BCUT2D eigenvalue weighted by Gasteiger charge is -2.15. The standard InChI is InChI=1S/C20H24ClN3O3/c1-4-5-6-7-19-23-18(11-20(27)24(19)12-13(2)25)16-9-8-15(21)10-17(16)22-14(3)26/h8-11H,4-7,12H2,1-3H3,(H,22,26). The Morgan fingerprint density at radius 2 is 1.93 bits per heavy atom. The number of amides is 1. The van der Waals surface area contributed by atoms with Crippen LogP contribution >= 0.6 is 11.6 Å². The number of aryl methyl sites for hydroxylation is 1. The van der Waals surface area contributed by atoms with Gasteiger partial charge >= 0.3 is 0 Å². The van der Waals surface area contributed by atoms with Crippen molar-refractivity contribution in [2.24, 2.45) is 0 Å². The van der Waals surface area contributed by atoms with Crippen LogP contribution in [0.4, 0.5) is 5.69 Å². The summed E-state index contributed by atoms with van der Waals surface area (Å²) in [6.07, 6.45) is 3.54. The number of nitrogens with zero attached hydrogens (tertiary/aromatic N) is 2. The first-order valence-electron chi connectivity index (χ1n) is 8.99. The van der Waals surface area contributed by atoms with Crippen molar-refractivity contribution in [3.8, 4) is 11.3 Å². The highest BCUT2D eigenvalue weighted by Crippen LogP contribution is 2.29. The van der Waals surface area contributed by atoms with Crippen molar-refractivity contribution >= 4 is 29.0 Å². The second-order valence-electron chi connectivity index (χ2n) is 6.51. The molecule has 0 aliphatic carbocycles. The number of hydrogen-bond donors (Lipinski definition) is 1. The molecule has 2 rings (SSSR count). The smallest absolute Gasteiger partial charge is 0.254 e. The number of rotatable bonds is 8. The molecule has 0 spiro atoms. The summed E-state index contributed by atoms with van der Waals surface area (Å²) in [7, 11) is 0. The number of halogens is 1. The van der Waals surface area contributed by atoms with Crippen molar-refractivity contribution in [2.45, 2.75) is 53.0 Å². The normalized spacial score (nSPS) is 10.7. The molecule has 144 valence electrons. The van der Waals surface area contributed by atoms with Crippen LogP contribution in [0.1, 0.15) is 45.9 Å². The van der Waals surface area contributed by atoms with E-state index in [2.05, 4.69) is 17.2 Å². The van der Waals surface area contributed by atoms with Gasteiger partial charge in [-0.1, -0.05) is 31.4 Å². The first-order chi connectivity index (χ1) is 12.8. The van der Waals surface area contributed by atoms with Crippen LogP contribution < -0.4 is 10.9 Å². The van der Waals surface area contributed by atoms with Crippen molar-refractivity contribution in [3.63, 3.8) is 0 Å². The maximum absolute atomic E-state index is 12.7. The van der Waals surface area contributed by atoms with Crippen LogP contribution in [-0.2, 0) is 22.6 Å². The molecule has 0 radical (unpaired) electrons. The topological polar surface area (TPSA) is 81.1 Å². The van der Waals surface area contributed by atoms with Gasteiger partial charge in [-0.25, -0.2) is 4.98 Å². The summed E-state index contributed by atoms with van der Waals surface area (Å²) in [6.45, 7) is 4.95. The van der Waals surface area contributed by atoms with Crippen LogP contribution in [-0.4, -0.2) is 21.2 Å². The minimum absolute atomic E-state index is 0.00669. The van der Waals surface area contributed by atoms with Crippen LogP contribution in [0, 0.1) is 0 Å². The third kappa shape index (κ3) is 5.76. The van der Waals surface area contributed by atoms with Gasteiger partial charge in [0.25, 0.3) is 5.56 Å². The van der Waals surface area contributed by atoms with E-state index in [-0.39, 0.29) is 23.8 Å². The van der Waals surface area contributed by atoms with E-state index >= 15 is 0 Å². The highest BCUT2D eigenvalue weighted by molar-refractivity contribution is 6.31. The van der Waals surface area contributed by atoms with Crippen LogP contribution in [0.2, 0.25) is 5.02 Å². The van der Waals surface area contributed by atoms with Crippen molar-refractivity contribution in [3.05, 3.63) is 45.5 Å². The van der Waals surface area contributed by atoms with Crippen molar-refractivity contribution in [2.75, 3.05) is 5.32 Å². The maximum Gasteiger partial charge on any atom is 0.254 e. The van der Waals surface area contributed by atoms with E-state index in [0.717, 1.165) is 19.3 Å². The van der Waals surface area contributed by atoms with Gasteiger partial charge in [0.1, 0.15) is 11.6 Å². The van der Waals surface area contributed by atoms with Crippen LogP contribution in [0.15, 0.2) is 29.1 Å². The molecule has 27 heavy (non-hydrogen) atoms. The maximum atomic E-state index is 12.7. The Bertz CT molecular complexity index is 906. The molecule has 1 aromatic heterocycles. The highest BCUT2D eigenvalue weighted by atomic mass is 35.5. The zero-order chi connectivity index (χ0) is 20.0. The third-order valence-electron chi connectivity index (χ3n) is 4.04. The van der Waals surface area contributed by atoms with Gasteiger partial charge in [-0.15, -0.1) is 0 Å². The van der Waals surface area contributed by atoms with E-state index in [1.54, 1.807) is 18.2 Å². The van der Waals surface area contributed by atoms with E-state index < -0.39 is 0 Å². The molecule has 2 aromatic rings. The fourth-order valence-corrected chi connectivity index (χ4v) is 3.01. The van der Waals surface area contributed by atoms with Crippen LogP contribution in [0.5, 0.6) is 0 Å². The summed E-state index contributed by atoms with van der Waals surface area (Å²) in [4.78, 5) is 40.4. The number of hydrogen-bond acceptors (Lipinski definition) is 4. The van der Waals surface area contributed by atoms with Crippen LogP contribution in [0.3, 0.4) is 0 Å². The Morgan fingerprint density at radius 1 is 1.19 bits per heavy atom. The van der Waals surface area contributed by atoms with Gasteiger partial charge in [-0.3, -0.25) is 19.0 Å². The summed E-state index contributed by atoms with van der Waals surface area (Å²) in [5, 5.41) is 3.19. The highest BCUT2D eigenvalue weighted by Gasteiger charge is 2.15. The number of benzene rings is 1. The van der Waals surface area contributed by atoms with Gasteiger partial charge in [-0.05, 0) is 31.5 Å². The average Bonchev–Trinajstić information content (AvgIpc) is 2.57. The van der Waals surface area contributed by atoms with Gasteiger partial charge in [0.05, 0.1) is 17.9 Å². The van der Waals surface area contributed by atoms with Crippen molar-refractivity contribution < 1.29 is 9.59 Å². The Morgan fingerprint density at radius 3 is 2.56 bits per heavy atom. The lowest BCUT2D eigenvalue weighted by atomic mass is 10.1. The summed E-state index contributed by atoms with van der Waals surface area (Å²) in [5.74, 6) is 0.227. The Kier molecular flexibility index (Phi) is 7.30. The minimum atomic E-state index is -0.287. The Labute approximate surface area is 163 Å².